The zero-order valence-corrected chi connectivity index (χ0v) is 13.7. The first-order valence-electron chi connectivity index (χ1n) is 7.88. The predicted octanol–water partition coefficient (Wildman–Crippen LogP) is 3.89. The van der Waals surface area contributed by atoms with Crippen molar-refractivity contribution >= 4 is 0 Å². The Kier molecular flexibility index (Phi) is 5.27. The highest BCUT2D eigenvalue weighted by atomic mass is 19.1. The fourth-order valence-corrected chi connectivity index (χ4v) is 2.57. The molecular weight excluding hydrogens is 328 g/mol. The topological polar surface area (TPSA) is 51.5 Å². The molecule has 4 nitrogen and oxygen atoms in total. The molecule has 25 heavy (non-hydrogen) atoms. The maximum Gasteiger partial charge on any atom is 0.190 e. The van der Waals surface area contributed by atoms with Gasteiger partial charge >= 0.3 is 0 Å². The van der Waals surface area contributed by atoms with Gasteiger partial charge in [0, 0.05) is 11.5 Å². The van der Waals surface area contributed by atoms with Gasteiger partial charge in [-0.05, 0) is 36.8 Å². The molecule has 1 aliphatic heterocycles. The average Bonchev–Trinajstić information content (AvgIpc) is 2.61. The Bertz CT molecular complexity index is 755. The number of rotatable bonds is 4. The Hall–Kier alpha value is -2.49. The van der Waals surface area contributed by atoms with E-state index < -0.39 is 17.9 Å². The van der Waals surface area contributed by atoms with Crippen LogP contribution in [0.25, 0.3) is 0 Å². The summed E-state index contributed by atoms with van der Waals surface area (Å²) < 4.78 is 44.1. The third-order valence-electron chi connectivity index (χ3n) is 3.88. The van der Waals surface area contributed by atoms with E-state index in [4.69, 9.17) is 19.5 Å². The van der Waals surface area contributed by atoms with Gasteiger partial charge in [0.05, 0.1) is 31.5 Å². The summed E-state index contributed by atoms with van der Waals surface area (Å²) in [6.07, 6.45) is -0.517. The molecule has 1 fully saturated rings. The van der Waals surface area contributed by atoms with Crippen molar-refractivity contribution in [3.05, 3.63) is 64.7 Å². The fraction of sp³-hybridized carbons (Fsp3) is 0.316. The number of benzene rings is 2. The van der Waals surface area contributed by atoms with Gasteiger partial charge in [-0.25, -0.2) is 8.78 Å². The maximum absolute atomic E-state index is 13.8. The molecule has 130 valence electrons. The summed E-state index contributed by atoms with van der Waals surface area (Å²) in [5, 5.41) is 8.80. The van der Waals surface area contributed by atoms with E-state index in [0.29, 0.717) is 24.3 Å². The summed E-state index contributed by atoms with van der Waals surface area (Å²) in [7, 11) is 0. The zero-order valence-electron chi connectivity index (χ0n) is 13.7. The lowest BCUT2D eigenvalue weighted by atomic mass is 10.1. The van der Waals surface area contributed by atoms with E-state index in [0.717, 1.165) is 5.56 Å². The first kappa shape index (κ1) is 17.3. The molecule has 1 saturated heterocycles. The minimum Gasteiger partial charge on any atom is -0.487 e. The van der Waals surface area contributed by atoms with E-state index in [-0.39, 0.29) is 18.3 Å². The molecule has 0 saturated carbocycles. The molecule has 2 aromatic carbocycles. The van der Waals surface area contributed by atoms with Gasteiger partial charge in [0.25, 0.3) is 0 Å². The smallest absolute Gasteiger partial charge is 0.190 e. The highest BCUT2D eigenvalue weighted by Gasteiger charge is 2.25. The van der Waals surface area contributed by atoms with Crippen molar-refractivity contribution in [3.63, 3.8) is 0 Å². The van der Waals surface area contributed by atoms with E-state index in [1.165, 1.54) is 12.1 Å². The SMILES string of the molecule is Cc1cc(F)c(OCC2COC(c3ccc(C#N)cc3)OC2)c(F)c1. The largest absolute Gasteiger partial charge is 0.487 e. The number of hydrogen-bond acceptors (Lipinski definition) is 4. The van der Waals surface area contributed by atoms with E-state index in [1.807, 2.05) is 6.07 Å². The number of halogens is 2. The summed E-state index contributed by atoms with van der Waals surface area (Å²) >= 11 is 0. The number of nitriles is 1. The zero-order chi connectivity index (χ0) is 17.8. The van der Waals surface area contributed by atoms with Gasteiger partial charge in [-0.15, -0.1) is 0 Å². The Labute approximate surface area is 144 Å². The standard InChI is InChI=1S/C19H17F2NO3/c1-12-6-16(20)18(17(21)7-12)23-9-14-10-24-19(25-11-14)15-4-2-13(8-22)3-5-15/h2-7,14,19H,9-11H2,1H3. The van der Waals surface area contributed by atoms with Crippen molar-refractivity contribution in [1.82, 2.24) is 0 Å². The van der Waals surface area contributed by atoms with Crippen molar-refractivity contribution in [2.75, 3.05) is 19.8 Å². The third kappa shape index (κ3) is 4.13. The lowest BCUT2D eigenvalue weighted by Gasteiger charge is -2.29. The van der Waals surface area contributed by atoms with Gasteiger partial charge in [0.2, 0.25) is 0 Å². The van der Waals surface area contributed by atoms with Crippen molar-refractivity contribution in [2.24, 2.45) is 5.92 Å². The van der Waals surface area contributed by atoms with Gasteiger partial charge in [-0.1, -0.05) is 12.1 Å². The minimum absolute atomic E-state index is 0.0942. The first-order chi connectivity index (χ1) is 12.1. The van der Waals surface area contributed by atoms with Crippen LogP contribution in [0, 0.1) is 35.8 Å². The number of nitrogens with zero attached hydrogens (tertiary/aromatic N) is 1. The monoisotopic (exact) mass is 345 g/mol. The predicted molar refractivity (Wildman–Crippen MR) is 85.9 cm³/mol. The van der Waals surface area contributed by atoms with Crippen LogP contribution in [0.1, 0.15) is 23.0 Å². The van der Waals surface area contributed by atoms with Crippen LogP contribution < -0.4 is 4.74 Å². The first-order valence-corrected chi connectivity index (χ1v) is 7.88. The molecule has 2 aromatic rings. The molecule has 0 spiro atoms. The van der Waals surface area contributed by atoms with Gasteiger partial charge in [0.15, 0.2) is 23.7 Å². The van der Waals surface area contributed by atoms with Gasteiger partial charge < -0.3 is 14.2 Å². The Balaban J connectivity index is 1.54. The summed E-state index contributed by atoms with van der Waals surface area (Å²) in [5.41, 5.74) is 1.87. The Morgan fingerprint density at radius 2 is 1.72 bits per heavy atom. The van der Waals surface area contributed by atoms with Crippen LogP contribution in [-0.2, 0) is 9.47 Å². The number of ether oxygens (including phenoxy) is 3. The summed E-state index contributed by atoms with van der Waals surface area (Å²) in [5.74, 6) is -1.94. The van der Waals surface area contributed by atoms with Crippen LogP contribution in [0.4, 0.5) is 8.78 Å². The van der Waals surface area contributed by atoms with Crippen molar-refractivity contribution in [2.45, 2.75) is 13.2 Å². The molecule has 3 rings (SSSR count). The number of hydrogen-bond donors (Lipinski definition) is 0. The summed E-state index contributed by atoms with van der Waals surface area (Å²) in [6, 6.07) is 11.4. The Morgan fingerprint density at radius 1 is 1.12 bits per heavy atom. The van der Waals surface area contributed by atoms with Crippen LogP contribution >= 0.6 is 0 Å². The normalized spacial score (nSPS) is 20.1. The molecule has 0 amide bonds. The molecule has 0 aromatic heterocycles. The fourth-order valence-electron chi connectivity index (χ4n) is 2.57. The van der Waals surface area contributed by atoms with Crippen molar-refractivity contribution in [3.8, 4) is 11.8 Å². The highest BCUT2D eigenvalue weighted by Crippen LogP contribution is 2.27. The van der Waals surface area contributed by atoms with Gasteiger partial charge in [-0.3, -0.25) is 0 Å². The second kappa shape index (κ2) is 7.60. The van der Waals surface area contributed by atoms with E-state index in [9.17, 15) is 8.78 Å². The molecule has 0 bridgehead atoms. The quantitative estimate of drug-likeness (QED) is 0.844. The van der Waals surface area contributed by atoms with E-state index in [2.05, 4.69) is 0 Å². The molecule has 0 N–H and O–H groups in total. The molecule has 6 heteroatoms. The third-order valence-corrected chi connectivity index (χ3v) is 3.88. The molecule has 0 aliphatic carbocycles. The van der Waals surface area contributed by atoms with Crippen LogP contribution in [0.5, 0.6) is 5.75 Å². The number of aryl methyl sites for hydroxylation is 1. The maximum atomic E-state index is 13.8. The van der Waals surface area contributed by atoms with Crippen LogP contribution in [0.3, 0.4) is 0 Å². The highest BCUT2D eigenvalue weighted by molar-refractivity contribution is 5.32. The molecule has 0 unspecified atom stereocenters. The average molecular weight is 345 g/mol. The van der Waals surface area contributed by atoms with Crippen LogP contribution in [-0.4, -0.2) is 19.8 Å². The Morgan fingerprint density at radius 3 is 2.28 bits per heavy atom. The van der Waals surface area contributed by atoms with Gasteiger partial charge in [-0.2, -0.15) is 5.26 Å². The lowest BCUT2D eigenvalue weighted by Crippen LogP contribution is -2.31. The van der Waals surface area contributed by atoms with Gasteiger partial charge in [0.1, 0.15) is 0 Å². The summed E-state index contributed by atoms with van der Waals surface area (Å²) in [4.78, 5) is 0. The summed E-state index contributed by atoms with van der Waals surface area (Å²) in [6.45, 7) is 2.40. The van der Waals surface area contributed by atoms with E-state index >= 15 is 0 Å². The van der Waals surface area contributed by atoms with Crippen molar-refractivity contribution < 1.29 is 23.0 Å². The second-order valence-corrected chi connectivity index (χ2v) is 5.97. The second-order valence-electron chi connectivity index (χ2n) is 5.97. The molecule has 0 atom stereocenters. The molecule has 1 heterocycles. The van der Waals surface area contributed by atoms with E-state index in [1.54, 1.807) is 31.2 Å². The molecule has 0 radical (unpaired) electrons. The lowest BCUT2D eigenvalue weighted by molar-refractivity contribution is -0.208. The van der Waals surface area contributed by atoms with Crippen LogP contribution in [0.2, 0.25) is 0 Å². The van der Waals surface area contributed by atoms with Crippen LogP contribution in [0.15, 0.2) is 36.4 Å². The minimum atomic E-state index is -0.717. The molecular formula is C19H17F2NO3. The molecule has 1 aliphatic rings. The van der Waals surface area contributed by atoms with Crippen molar-refractivity contribution in [1.29, 1.82) is 5.26 Å².